The van der Waals surface area contributed by atoms with Crippen molar-refractivity contribution in [1.29, 1.82) is 0 Å². The molecule has 1 aromatic heterocycles. The van der Waals surface area contributed by atoms with Gasteiger partial charge in [0.15, 0.2) is 0 Å². The first-order chi connectivity index (χ1) is 8.29. The summed E-state index contributed by atoms with van der Waals surface area (Å²) in [7, 11) is 0. The number of benzene rings is 1. The van der Waals surface area contributed by atoms with E-state index in [-0.39, 0.29) is 5.91 Å². The Hall–Kier alpha value is -2.16. The molecule has 86 valence electrons. The number of amides is 1. The number of nitrogens with one attached hydrogen (secondary N) is 1. The maximum Gasteiger partial charge on any atom is 0.224 e. The van der Waals surface area contributed by atoms with E-state index in [4.69, 9.17) is 0 Å². The fraction of sp³-hybridized carbons (Fsp3) is 0.143. The number of anilines is 1. The van der Waals surface area contributed by atoms with Crippen molar-refractivity contribution in [3.8, 4) is 11.1 Å². The minimum Gasteiger partial charge on any atom is -0.326 e. The number of pyridine rings is 1. The molecule has 1 N–H and O–H groups in total. The van der Waals surface area contributed by atoms with Crippen molar-refractivity contribution in [2.75, 3.05) is 5.32 Å². The summed E-state index contributed by atoms with van der Waals surface area (Å²) in [5.41, 5.74) is 2.99. The van der Waals surface area contributed by atoms with Crippen molar-refractivity contribution in [3.63, 3.8) is 0 Å². The van der Waals surface area contributed by atoms with Crippen LogP contribution in [0.4, 0.5) is 5.69 Å². The third-order valence-electron chi connectivity index (χ3n) is 2.48. The lowest BCUT2D eigenvalue weighted by molar-refractivity contribution is -0.115. The third-order valence-corrected chi connectivity index (χ3v) is 2.48. The molecular formula is C14H14N2O. The lowest BCUT2D eigenvalue weighted by Crippen LogP contribution is -2.09. The molecule has 0 bridgehead atoms. The highest BCUT2D eigenvalue weighted by atomic mass is 16.1. The Balaban J connectivity index is 2.26. The minimum atomic E-state index is 0.0249. The van der Waals surface area contributed by atoms with Crippen LogP contribution in [0.2, 0.25) is 0 Å². The zero-order valence-electron chi connectivity index (χ0n) is 9.68. The average Bonchev–Trinajstić information content (AvgIpc) is 2.40. The second-order valence-corrected chi connectivity index (χ2v) is 3.72. The molecule has 1 amide bonds. The van der Waals surface area contributed by atoms with Gasteiger partial charge >= 0.3 is 0 Å². The molecule has 3 nitrogen and oxygen atoms in total. The molecule has 0 fully saturated rings. The van der Waals surface area contributed by atoms with E-state index < -0.39 is 0 Å². The molecule has 1 aromatic carbocycles. The van der Waals surface area contributed by atoms with Gasteiger partial charge in [0.25, 0.3) is 0 Å². The van der Waals surface area contributed by atoms with Crippen LogP contribution >= 0.6 is 0 Å². The van der Waals surface area contributed by atoms with E-state index in [1.165, 1.54) is 0 Å². The maximum atomic E-state index is 11.3. The molecular weight excluding hydrogens is 212 g/mol. The predicted octanol–water partition coefficient (Wildman–Crippen LogP) is 3.10. The lowest BCUT2D eigenvalue weighted by Gasteiger charge is -2.06. The van der Waals surface area contributed by atoms with Gasteiger partial charge in [-0.15, -0.1) is 0 Å². The van der Waals surface area contributed by atoms with Crippen LogP contribution in [-0.4, -0.2) is 10.9 Å². The van der Waals surface area contributed by atoms with E-state index >= 15 is 0 Å². The molecule has 0 aliphatic carbocycles. The largest absolute Gasteiger partial charge is 0.326 e. The molecule has 0 aliphatic heterocycles. The number of carbonyl (C=O) groups excluding carboxylic acids is 1. The monoisotopic (exact) mass is 226 g/mol. The molecule has 0 aliphatic rings. The molecule has 2 rings (SSSR count). The van der Waals surface area contributed by atoms with Gasteiger partial charge in [0.2, 0.25) is 5.91 Å². The summed E-state index contributed by atoms with van der Waals surface area (Å²) in [6.45, 7) is 1.84. The predicted molar refractivity (Wildman–Crippen MR) is 68.6 cm³/mol. The number of rotatable bonds is 3. The standard InChI is InChI=1S/C14H14N2O/c1-2-14(17)16-13-5-3-4-12(10-13)11-6-8-15-9-7-11/h3-10H,2H2,1H3,(H,16,17). The summed E-state index contributed by atoms with van der Waals surface area (Å²) < 4.78 is 0. The molecule has 2 aromatic rings. The number of hydrogen-bond donors (Lipinski definition) is 1. The fourth-order valence-corrected chi connectivity index (χ4v) is 1.57. The van der Waals surface area contributed by atoms with E-state index in [1.807, 2.05) is 43.3 Å². The smallest absolute Gasteiger partial charge is 0.224 e. The molecule has 0 unspecified atom stereocenters. The van der Waals surface area contributed by atoms with Crippen LogP contribution in [0.5, 0.6) is 0 Å². The van der Waals surface area contributed by atoms with Gasteiger partial charge in [-0.25, -0.2) is 0 Å². The number of nitrogens with zero attached hydrogens (tertiary/aromatic N) is 1. The quantitative estimate of drug-likeness (QED) is 0.873. The Bertz CT molecular complexity index is 509. The average molecular weight is 226 g/mol. The summed E-state index contributed by atoms with van der Waals surface area (Å²) in [4.78, 5) is 15.3. The van der Waals surface area contributed by atoms with E-state index in [1.54, 1.807) is 12.4 Å². The second kappa shape index (κ2) is 5.25. The van der Waals surface area contributed by atoms with Gasteiger partial charge in [0, 0.05) is 24.5 Å². The molecule has 0 atom stereocenters. The second-order valence-electron chi connectivity index (χ2n) is 3.72. The number of carbonyl (C=O) groups is 1. The van der Waals surface area contributed by atoms with Crippen molar-refractivity contribution in [1.82, 2.24) is 4.98 Å². The van der Waals surface area contributed by atoms with Crippen molar-refractivity contribution in [2.24, 2.45) is 0 Å². The van der Waals surface area contributed by atoms with Gasteiger partial charge in [-0.1, -0.05) is 19.1 Å². The highest BCUT2D eigenvalue weighted by Crippen LogP contribution is 2.21. The van der Waals surface area contributed by atoms with Gasteiger partial charge in [-0.05, 0) is 35.4 Å². The first-order valence-corrected chi connectivity index (χ1v) is 5.60. The van der Waals surface area contributed by atoms with Gasteiger partial charge in [0.1, 0.15) is 0 Å². The summed E-state index contributed by atoms with van der Waals surface area (Å²) >= 11 is 0. The highest BCUT2D eigenvalue weighted by molar-refractivity contribution is 5.91. The summed E-state index contributed by atoms with van der Waals surface area (Å²) in [5, 5.41) is 2.85. The summed E-state index contributed by atoms with van der Waals surface area (Å²) in [6.07, 6.45) is 4.00. The van der Waals surface area contributed by atoms with Crippen LogP contribution in [0, 0.1) is 0 Å². The minimum absolute atomic E-state index is 0.0249. The number of hydrogen-bond acceptors (Lipinski definition) is 2. The Kier molecular flexibility index (Phi) is 3.50. The molecule has 0 saturated heterocycles. The number of aromatic nitrogens is 1. The molecule has 17 heavy (non-hydrogen) atoms. The molecule has 0 saturated carbocycles. The molecule has 0 radical (unpaired) electrons. The van der Waals surface area contributed by atoms with E-state index in [2.05, 4.69) is 10.3 Å². The Labute approximate surface area is 101 Å². The van der Waals surface area contributed by atoms with Crippen molar-refractivity contribution in [2.45, 2.75) is 13.3 Å². The van der Waals surface area contributed by atoms with Gasteiger partial charge in [-0.2, -0.15) is 0 Å². The van der Waals surface area contributed by atoms with E-state index in [9.17, 15) is 4.79 Å². The van der Waals surface area contributed by atoms with E-state index in [0.717, 1.165) is 16.8 Å². The van der Waals surface area contributed by atoms with Crippen molar-refractivity contribution in [3.05, 3.63) is 48.8 Å². The zero-order chi connectivity index (χ0) is 12.1. The lowest BCUT2D eigenvalue weighted by atomic mass is 10.1. The Morgan fingerprint density at radius 3 is 2.65 bits per heavy atom. The fourth-order valence-electron chi connectivity index (χ4n) is 1.57. The SMILES string of the molecule is CCC(=O)Nc1cccc(-c2ccncc2)c1. The van der Waals surface area contributed by atoms with Crippen LogP contribution in [-0.2, 0) is 4.79 Å². The molecule has 0 spiro atoms. The van der Waals surface area contributed by atoms with Crippen LogP contribution in [0.15, 0.2) is 48.8 Å². The van der Waals surface area contributed by atoms with Crippen LogP contribution in [0.25, 0.3) is 11.1 Å². The summed E-state index contributed by atoms with van der Waals surface area (Å²) in [6, 6.07) is 11.7. The third kappa shape index (κ3) is 2.91. The zero-order valence-corrected chi connectivity index (χ0v) is 9.68. The first-order valence-electron chi connectivity index (χ1n) is 5.60. The Morgan fingerprint density at radius 1 is 1.18 bits per heavy atom. The van der Waals surface area contributed by atoms with Crippen LogP contribution in [0.1, 0.15) is 13.3 Å². The van der Waals surface area contributed by atoms with Crippen molar-refractivity contribution >= 4 is 11.6 Å². The van der Waals surface area contributed by atoms with Gasteiger partial charge in [-0.3, -0.25) is 9.78 Å². The van der Waals surface area contributed by atoms with Crippen molar-refractivity contribution < 1.29 is 4.79 Å². The summed E-state index contributed by atoms with van der Waals surface area (Å²) in [5.74, 6) is 0.0249. The van der Waals surface area contributed by atoms with Crippen LogP contribution < -0.4 is 5.32 Å². The Morgan fingerprint density at radius 2 is 1.94 bits per heavy atom. The molecule has 3 heteroatoms. The topological polar surface area (TPSA) is 42.0 Å². The maximum absolute atomic E-state index is 11.3. The van der Waals surface area contributed by atoms with Gasteiger partial charge < -0.3 is 5.32 Å². The van der Waals surface area contributed by atoms with Crippen LogP contribution in [0.3, 0.4) is 0 Å². The van der Waals surface area contributed by atoms with Gasteiger partial charge in [0.05, 0.1) is 0 Å². The normalized spacial score (nSPS) is 9.94. The first kappa shape index (κ1) is 11.3. The van der Waals surface area contributed by atoms with E-state index in [0.29, 0.717) is 6.42 Å². The molecule has 1 heterocycles. The highest BCUT2D eigenvalue weighted by Gasteiger charge is 2.01.